The molecule has 2 fully saturated rings. The fraction of sp³-hybridized carbons (Fsp3) is 0.526. The highest BCUT2D eigenvalue weighted by molar-refractivity contribution is 6.32. The van der Waals surface area contributed by atoms with E-state index in [0.717, 1.165) is 12.8 Å². The molecule has 0 radical (unpaired) electrons. The van der Waals surface area contributed by atoms with E-state index in [9.17, 15) is 14.4 Å². The summed E-state index contributed by atoms with van der Waals surface area (Å²) in [5, 5.41) is 0.520. The Labute approximate surface area is 158 Å². The van der Waals surface area contributed by atoms with Crippen LogP contribution in [-0.2, 0) is 19.1 Å². The molecule has 0 aromatic heterocycles. The normalized spacial score (nSPS) is 24.2. The van der Waals surface area contributed by atoms with Gasteiger partial charge >= 0.3 is 5.97 Å². The zero-order valence-electron chi connectivity index (χ0n) is 15.0. The van der Waals surface area contributed by atoms with E-state index >= 15 is 0 Å². The molecule has 0 unspecified atom stereocenters. The number of esters is 1. The molecule has 2 aliphatic heterocycles. The number of piperidine rings is 1. The van der Waals surface area contributed by atoms with E-state index < -0.39 is 6.04 Å². The number of hydrogen-bond donors (Lipinski definition) is 0. The fourth-order valence-corrected chi connectivity index (χ4v) is 3.90. The van der Waals surface area contributed by atoms with Gasteiger partial charge in [0.1, 0.15) is 0 Å². The number of hydrogen-bond acceptors (Lipinski definition) is 5. The van der Waals surface area contributed by atoms with Gasteiger partial charge in [0, 0.05) is 11.6 Å². The van der Waals surface area contributed by atoms with Crippen molar-refractivity contribution in [1.29, 1.82) is 0 Å². The van der Waals surface area contributed by atoms with E-state index in [0.29, 0.717) is 36.0 Å². The van der Waals surface area contributed by atoms with Crippen LogP contribution in [0.25, 0.3) is 0 Å². The first-order valence-corrected chi connectivity index (χ1v) is 9.34. The summed E-state index contributed by atoms with van der Waals surface area (Å²) in [4.78, 5) is 40.8. The Morgan fingerprint density at radius 2 is 2.12 bits per heavy atom. The third-order valence-corrected chi connectivity index (χ3v) is 5.53. The number of ether oxygens (including phenoxy) is 1. The van der Waals surface area contributed by atoms with Crippen LogP contribution in [0.4, 0.5) is 5.69 Å². The summed E-state index contributed by atoms with van der Waals surface area (Å²) in [6, 6.07) is 4.67. The van der Waals surface area contributed by atoms with Crippen LogP contribution in [0.5, 0.6) is 0 Å². The number of nitrogens with zero attached hydrogens (tertiary/aromatic N) is 2. The van der Waals surface area contributed by atoms with Gasteiger partial charge in [-0.05, 0) is 50.9 Å². The zero-order chi connectivity index (χ0) is 18.8. The Morgan fingerprint density at radius 1 is 1.35 bits per heavy atom. The van der Waals surface area contributed by atoms with Gasteiger partial charge in [-0.15, -0.1) is 0 Å². The Hall–Kier alpha value is -1.92. The van der Waals surface area contributed by atoms with E-state index in [1.54, 1.807) is 32.0 Å². The molecule has 1 aromatic rings. The minimum Gasteiger partial charge on any atom is -0.466 e. The largest absolute Gasteiger partial charge is 0.466 e. The highest BCUT2D eigenvalue weighted by atomic mass is 35.5. The second-order valence-corrected chi connectivity index (χ2v) is 7.16. The summed E-state index contributed by atoms with van der Waals surface area (Å²) in [7, 11) is 0. The maximum atomic E-state index is 13.0. The Balaban J connectivity index is 1.78. The molecule has 0 bridgehead atoms. The maximum Gasteiger partial charge on any atom is 0.310 e. The molecule has 0 saturated carbocycles. The summed E-state index contributed by atoms with van der Waals surface area (Å²) < 4.78 is 5.12. The molecule has 0 N–H and O–H groups in total. The minimum absolute atomic E-state index is 0.125. The lowest BCUT2D eigenvalue weighted by atomic mass is 9.96. The first-order valence-electron chi connectivity index (χ1n) is 8.96. The Bertz CT molecular complexity index is 736. The molecule has 7 heteroatoms. The highest BCUT2D eigenvalue weighted by Gasteiger charge is 2.45. The SMILES string of the molecule is CCOC(=O)[C@@H]1CCCN([C@H]2CC(=O)N(c3cccc(Cl)c3C)C2=O)C1. The van der Waals surface area contributed by atoms with Gasteiger partial charge in [0.2, 0.25) is 5.91 Å². The van der Waals surface area contributed by atoms with Crippen molar-refractivity contribution in [3.05, 3.63) is 28.8 Å². The topological polar surface area (TPSA) is 66.9 Å². The quantitative estimate of drug-likeness (QED) is 0.595. The number of benzene rings is 1. The molecular formula is C19H23ClN2O4. The molecule has 2 atom stereocenters. The number of imide groups is 1. The van der Waals surface area contributed by atoms with Crippen molar-refractivity contribution in [2.75, 3.05) is 24.6 Å². The molecule has 2 aliphatic rings. The molecule has 0 aliphatic carbocycles. The van der Waals surface area contributed by atoms with Crippen LogP contribution < -0.4 is 4.90 Å². The summed E-state index contributed by atoms with van der Waals surface area (Å²) in [5.74, 6) is -0.946. The number of carbonyl (C=O) groups excluding carboxylic acids is 3. The number of carbonyl (C=O) groups is 3. The minimum atomic E-state index is -0.530. The van der Waals surface area contributed by atoms with Crippen LogP contribution in [0, 0.1) is 12.8 Å². The first kappa shape index (κ1) is 18.9. The molecule has 3 rings (SSSR count). The number of likely N-dealkylation sites (tertiary alicyclic amines) is 1. The van der Waals surface area contributed by atoms with Gasteiger partial charge in [-0.25, -0.2) is 4.90 Å². The second-order valence-electron chi connectivity index (χ2n) is 6.76. The van der Waals surface area contributed by atoms with Gasteiger partial charge in [-0.1, -0.05) is 17.7 Å². The number of halogens is 1. The van der Waals surface area contributed by atoms with Crippen LogP contribution in [-0.4, -0.2) is 48.4 Å². The molecule has 1 aromatic carbocycles. The van der Waals surface area contributed by atoms with E-state index in [-0.39, 0.29) is 30.1 Å². The van der Waals surface area contributed by atoms with E-state index in [4.69, 9.17) is 16.3 Å². The summed E-state index contributed by atoms with van der Waals surface area (Å²) in [6.45, 7) is 5.07. The molecule has 6 nitrogen and oxygen atoms in total. The third kappa shape index (κ3) is 3.48. The fourth-order valence-electron chi connectivity index (χ4n) is 3.73. The van der Waals surface area contributed by atoms with Crippen LogP contribution in [0.1, 0.15) is 31.7 Å². The van der Waals surface area contributed by atoms with E-state index in [1.807, 2.05) is 4.90 Å². The van der Waals surface area contributed by atoms with Crippen molar-refractivity contribution < 1.29 is 19.1 Å². The maximum absolute atomic E-state index is 13.0. The third-order valence-electron chi connectivity index (χ3n) is 5.12. The van der Waals surface area contributed by atoms with E-state index in [2.05, 4.69) is 0 Å². The van der Waals surface area contributed by atoms with Crippen LogP contribution in [0.3, 0.4) is 0 Å². The second kappa shape index (κ2) is 7.76. The monoisotopic (exact) mass is 378 g/mol. The smallest absolute Gasteiger partial charge is 0.310 e. The molecular weight excluding hydrogens is 356 g/mol. The van der Waals surface area contributed by atoms with Crippen LogP contribution >= 0.6 is 11.6 Å². The van der Waals surface area contributed by atoms with Crippen molar-refractivity contribution in [2.45, 2.75) is 39.2 Å². The lowest BCUT2D eigenvalue weighted by Crippen LogP contribution is -2.48. The van der Waals surface area contributed by atoms with Gasteiger partial charge in [-0.2, -0.15) is 0 Å². The Kier molecular flexibility index (Phi) is 5.63. The van der Waals surface area contributed by atoms with Gasteiger partial charge in [0.25, 0.3) is 5.91 Å². The van der Waals surface area contributed by atoms with Crippen LogP contribution in [0.2, 0.25) is 5.02 Å². The van der Waals surface area contributed by atoms with Crippen molar-refractivity contribution in [2.24, 2.45) is 5.92 Å². The lowest BCUT2D eigenvalue weighted by Gasteiger charge is -2.34. The summed E-state index contributed by atoms with van der Waals surface area (Å²) in [5.41, 5.74) is 1.24. The average molecular weight is 379 g/mol. The van der Waals surface area contributed by atoms with Gasteiger partial charge in [0.15, 0.2) is 0 Å². The molecule has 2 amide bonds. The highest BCUT2D eigenvalue weighted by Crippen LogP contribution is 2.33. The predicted molar refractivity (Wildman–Crippen MR) is 98.0 cm³/mol. The molecule has 2 saturated heterocycles. The number of amides is 2. The molecule has 140 valence electrons. The van der Waals surface area contributed by atoms with Crippen LogP contribution in [0.15, 0.2) is 18.2 Å². The van der Waals surface area contributed by atoms with Gasteiger partial charge < -0.3 is 4.74 Å². The van der Waals surface area contributed by atoms with Crippen molar-refractivity contribution in [3.63, 3.8) is 0 Å². The summed E-state index contributed by atoms with van der Waals surface area (Å²) in [6.07, 6.45) is 1.68. The molecule has 2 heterocycles. The molecule has 0 spiro atoms. The zero-order valence-corrected chi connectivity index (χ0v) is 15.8. The average Bonchev–Trinajstić information content (AvgIpc) is 2.92. The summed E-state index contributed by atoms with van der Waals surface area (Å²) >= 11 is 6.15. The standard InChI is InChI=1S/C19H23ClN2O4/c1-3-26-19(25)13-6-5-9-21(11-13)16-10-17(23)22(18(16)24)15-8-4-7-14(20)12(15)2/h4,7-8,13,16H,3,5-6,9-11H2,1-2H3/t13-,16+/m1/s1. The molecule has 26 heavy (non-hydrogen) atoms. The van der Waals surface area contributed by atoms with Gasteiger partial charge in [0.05, 0.1) is 30.7 Å². The number of anilines is 1. The lowest BCUT2D eigenvalue weighted by molar-refractivity contribution is -0.150. The van der Waals surface area contributed by atoms with E-state index in [1.165, 1.54) is 4.90 Å². The van der Waals surface area contributed by atoms with Gasteiger partial charge in [-0.3, -0.25) is 19.3 Å². The van der Waals surface area contributed by atoms with Crippen molar-refractivity contribution in [3.8, 4) is 0 Å². The first-order chi connectivity index (χ1) is 12.4. The van der Waals surface area contributed by atoms with Crippen molar-refractivity contribution in [1.82, 2.24) is 4.90 Å². The van der Waals surface area contributed by atoms with Crippen molar-refractivity contribution >= 4 is 35.1 Å². The number of rotatable bonds is 4. The predicted octanol–water partition coefficient (Wildman–Crippen LogP) is 2.56. The Morgan fingerprint density at radius 3 is 2.85 bits per heavy atom.